The highest BCUT2D eigenvalue weighted by atomic mass is 32.2. The fourth-order valence-corrected chi connectivity index (χ4v) is 2.94. The molecule has 0 radical (unpaired) electrons. The highest BCUT2D eigenvalue weighted by Gasteiger charge is 2.52. The first-order valence-electron chi connectivity index (χ1n) is 4.72. The van der Waals surface area contributed by atoms with Crippen LogP contribution in [0.2, 0.25) is 0 Å². The molecule has 4 nitrogen and oxygen atoms in total. The summed E-state index contributed by atoms with van der Waals surface area (Å²) in [5, 5.41) is 10.5. The standard InChI is InChI=1S/C8H11F3N2O2S/c1-12-8-13-3-2(9)4(14)5(6(10)11)16-7(3)15-8/h2-7,14H,1H3,(H,12,13)/t2-,3-,4+,5+,7+/m1/s1. The Morgan fingerprint density at radius 3 is 2.81 bits per heavy atom. The Kier molecular flexibility index (Phi) is 3.20. The highest BCUT2D eigenvalue weighted by molar-refractivity contribution is 8.00. The van der Waals surface area contributed by atoms with E-state index in [1.54, 1.807) is 0 Å². The number of nitrogens with one attached hydrogen (secondary N) is 1. The van der Waals surface area contributed by atoms with Gasteiger partial charge in [0, 0.05) is 7.05 Å². The Bertz CT molecular complexity index is 305. The van der Waals surface area contributed by atoms with E-state index in [-0.39, 0.29) is 6.02 Å². The number of halogens is 3. The van der Waals surface area contributed by atoms with Crippen molar-refractivity contribution in [3.8, 4) is 0 Å². The molecule has 0 aromatic rings. The predicted octanol–water partition coefficient (Wildman–Crippen LogP) is 0.366. The molecule has 0 aromatic carbocycles. The fraction of sp³-hybridized carbons (Fsp3) is 0.875. The minimum absolute atomic E-state index is 0.118. The Morgan fingerprint density at radius 2 is 2.25 bits per heavy atom. The monoisotopic (exact) mass is 256 g/mol. The SMILES string of the molecule is CNC1=N[C@@H]2[C@@H](F)[C@H](O)[C@@H](C(F)F)S[C@@H]2O1. The Balaban J connectivity index is 2.14. The minimum Gasteiger partial charge on any atom is -0.448 e. The summed E-state index contributed by atoms with van der Waals surface area (Å²) in [5.74, 6) is 0. The largest absolute Gasteiger partial charge is 0.448 e. The first-order chi connectivity index (χ1) is 7.54. The predicted molar refractivity (Wildman–Crippen MR) is 53.4 cm³/mol. The Labute approximate surface area is 94.3 Å². The molecule has 0 aliphatic carbocycles. The molecule has 0 aromatic heterocycles. The lowest BCUT2D eigenvalue weighted by Crippen LogP contribution is -2.51. The van der Waals surface area contributed by atoms with Gasteiger partial charge in [0.15, 0.2) is 11.6 Å². The molecule has 0 amide bonds. The van der Waals surface area contributed by atoms with Gasteiger partial charge in [-0.3, -0.25) is 0 Å². The number of nitrogens with zero attached hydrogens (tertiary/aromatic N) is 1. The molecule has 5 atom stereocenters. The van der Waals surface area contributed by atoms with Crippen LogP contribution in [0.1, 0.15) is 0 Å². The topological polar surface area (TPSA) is 53.9 Å². The van der Waals surface area contributed by atoms with Crippen molar-refractivity contribution in [2.75, 3.05) is 7.05 Å². The summed E-state index contributed by atoms with van der Waals surface area (Å²) in [4.78, 5) is 3.84. The first kappa shape index (κ1) is 11.8. The van der Waals surface area contributed by atoms with Gasteiger partial charge in [0.05, 0.1) is 5.25 Å². The number of hydrogen-bond donors (Lipinski definition) is 2. The summed E-state index contributed by atoms with van der Waals surface area (Å²) in [6, 6.07) is -0.801. The molecule has 0 bridgehead atoms. The number of thioether (sulfide) groups is 1. The average molecular weight is 256 g/mol. The minimum atomic E-state index is -2.79. The van der Waals surface area contributed by atoms with Gasteiger partial charge < -0.3 is 15.2 Å². The molecule has 2 rings (SSSR count). The molecule has 2 heterocycles. The molecule has 92 valence electrons. The molecule has 2 aliphatic heterocycles. The molecule has 0 saturated carbocycles. The van der Waals surface area contributed by atoms with Crippen molar-refractivity contribution in [1.82, 2.24) is 5.32 Å². The highest BCUT2D eigenvalue weighted by Crippen LogP contribution is 2.41. The van der Waals surface area contributed by atoms with E-state index in [4.69, 9.17) is 4.74 Å². The lowest BCUT2D eigenvalue weighted by Gasteiger charge is -2.35. The van der Waals surface area contributed by atoms with E-state index in [0.717, 1.165) is 11.8 Å². The quantitative estimate of drug-likeness (QED) is 0.711. The van der Waals surface area contributed by atoms with Gasteiger partial charge in [0.25, 0.3) is 12.4 Å². The van der Waals surface area contributed by atoms with E-state index in [9.17, 15) is 18.3 Å². The third-order valence-corrected chi connectivity index (χ3v) is 3.96. The Hall–Kier alpha value is -0.630. The summed E-state index contributed by atoms with van der Waals surface area (Å²) in [6.45, 7) is 0. The number of ether oxygens (including phenoxy) is 1. The molecule has 2 aliphatic rings. The van der Waals surface area contributed by atoms with Crippen LogP contribution in [-0.4, -0.2) is 53.6 Å². The summed E-state index contributed by atoms with van der Waals surface area (Å²) in [6.07, 6.45) is -6.33. The van der Waals surface area contributed by atoms with Crippen molar-refractivity contribution in [2.45, 2.75) is 35.4 Å². The van der Waals surface area contributed by atoms with Crippen LogP contribution in [-0.2, 0) is 4.74 Å². The number of hydrogen-bond acceptors (Lipinski definition) is 5. The average Bonchev–Trinajstić information content (AvgIpc) is 2.66. The smallest absolute Gasteiger partial charge is 0.286 e. The lowest BCUT2D eigenvalue weighted by molar-refractivity contribution is -0.000582. The van der Waals surface area contributed by atoms with Crippen molar-refractivity contribution >= 4 is 17.8 Å². The van der Waals surface area contributed by atoms with E-state index in [0.29, 0.717) is 0 Å². The second-order valence-corrected chi connectivity index (χ2v) is 4.81. The molecule has 16 heavy (non-hydrogen) atoms. The normalized spacial score (nSPS) is 42.6. The maximum atomic E-state index is 13.6. The van der Waals surface area contributed by atoms with E-state index in [1.807, 2.05) is 0 Å². The lowest BCUT2D eigenvalue weighted by atomic mass is 10.0. The zero-order chi connectivity index (χ0) is 11.9. The van der Waals surface area contributed by atoms with Gasteiger partial charge in [0.2, 0.25) is 0 Å². The summed E-state index contributed by atoms with van der Waals surface area (Å²) >= 11 is 0.724. The van der Waals surface area contributed by atoms with Crippen LogP contribution >= 0.6 is 11.8 Å². The van der Waals surface area contributed by atoms with Crippen molar-refractivity contribution in [3.05, 3.63) is 0 Å². The van der Waals surface area contributed by atoms with Crippen LogP contribution in [0.25, 0.3) is 0 Å². The number of fused-ring (bicyclic) bond motifs is 1. The van der Waals surface area contributed by atoms with Gasteiger partial charge in [0.1, 0.15) is 12.1 Å². The molecule has 1 fully saturated rings. The van der Waals surface area contributed by atoms with Crippen LogP contribution in [0.3, 0.4) is 0 Å². The van der Waals surface area contributed by atoms with Crippen LogP contribution in [0.4, 0.5) is 13.2 Å². The van der Waals surface area contributed by atoms with Crippen LogP contribution < -0.4 is 5.32 Å². The van der Waals surface area contributed by atoms with Crippen LogP contribution in [0.5, 0.6) is 0 Å². The van der Waals surface area contributed by atoms with E-state index >= 15 is 0 Å². The maximum Gasteiger partial charge on any atom is 0.286 e. The van der Waals surface area contributed by atoms with Crippen LogP contribution in [0, 0.1) is 0 Å². The summed E-state index contributed by atoms with van der Waals surface area (Å²) in [5.41, 5.74) is -0.792. The number of aliphatic imine (C=N–C) groups is 1. The van der Waals surface area contributed by atoms with Crippen molar-refractivity contribution in [1.29, 1.82) is 0 Å². The molecular weight excluding hydrogens is 245 g/mol. The zero-order valence-electron chi connectivity index (χ0n) is 8.31. The number of amidine groups is 1. The Morgan fingerprint density at radius 1 is 1.56 bits per heavy atom. The van der Waals surface area contributed by atoms with E-state index < -0.39 is 35.4 Å². The molecule has 0 spiro atoms. The molecule has 8 heteroatoms. The van der Waals surface area contributed by atoms with E-state index in [2.05, 4.69) is 10.3 Å². The van der Waals surface area contributed by atoms with Crippen molar-refractivity contribution < 1.29 is 23.0 Å². The van der Waals surface area contributed by atoms with Crippen molar-refractivity contribution in [3.63, 3.8) is 0 Å². The molecule has 1 saturated heterocycles. The molecule has 2 N–H and O–H groups in total. The van der Waals surface area contributed by atoms with Gasteiger partial charge in [-0.25, -0.2) is 18.2 Å². The van der Waals surface area contributed by atoms with Gasteiger partial charge in [-0.1, -0.05) is 0 Å². The van der Waals surface area contributed by atoms with E-state index in [1.165, 1.54) is 7.05 Å². The summed E-state index contributed by atoms with van der Waals surface area (Å²) < 4.78 is 43.8. The number of aliphatic hydroxyl groups is 1. The van der Waals surface area contributed by atoms with Gasteiger partial charge >= 0.3 is 0 Å². The van der Waals surface area contributed by atoms with Crippen LogP contribution in [0.15, 0.2) is 4.99 Å². The van der Waals surface area contributed by atoms with Crippen molar-refractivity contribution in [2.24, 2.45) is 4.99 Å². The number of alkyl halides is 3. The molecule has 0 unspecified atom stereocenters. The van der Waals surface area contributed by atoms with Gasteiger partial charge in [-0.2, -0.15) is 0 Å². The number of rotatable bonds is 1. The second kappa shape index (κ2) is 4.33. The van der Waals surface area contributed by atoms with Gasteiger partial charge in [-0.05, 0) is 0 Å². The zero-order valence-corrected chi connectivity index (χ0v) is 9.13. The molecular formula is C8H11F3N2O2S. The maximum absolute atomic E-state index is 13.6. The first-order valence-corrected chi connectivity index (χ1v) is 5.67. The van der Waals surface area contributed by atoms with Gasteiger partial charge in [-0.15, -0.1) is 11.8 Å². The third-order valence-electron chi connectivity index (χ3n) is 2.52. The summed E-state index contributed by atoms with van der Waals surface area (Å²) in [7, 11) is 1.54. The third kappa shape index (κ3) is 1.84. The fourth-order valence-electron chi connectivity index (χ4n) is 1.69. The number of aliphatic hydroxyl groups excluding tert-OH is 1. The second-order valence-electron chi connectivity index (χ2n) is 3.53.